The summed E-state index contributed by atoms with van der Waals surface area (Å²) in [6.45, 7) is 0. The van der Waals surface area contributed by atoms with Crippen LogP contribution in [0.25, 0.3) is 10.4 Å². The Kier molecular flexibility index (Phi) is 4.45. The normalized spacial score (nSPS) is 10.5. The van der Waals surface area contributed by atoms with Crippen molar-refractivity contribution in [2.75, 3.05) is 5.73 Å². The van der Waals surface area contributed by atoms with E-state index < -0.39 is 0 Å². The molecule has 3 aromatic rings. The summed E-state index contributed by atoms with van der Waals surface area (Å²) in [5, 5.41) is 10.8. The minimum Gasteiger partial charge on any atom is -0.369 e. The highest BCUT2D eigenvalue weighted by Gasteiger charge is 2.05. The summed E-state index contributed by atoms with van der Waals surface area (Å²) in [7, 11) is 1.61. The Morgan fingerprint density at radius 3 is 2.62 bits per heavy atom. The number of hydrogen-bond donors (Lipinski definition) is 1. The first-order valence-electron chi connectivity index (χ1n) is 7.47. The van der Waals surface area contributed by atoms with Crippen molar-refractivity contribution in [1.29, 1.82) is 5.26 Å². The van der Waals surface area contributed by atoms with Crippen molar-refractivity contribution in [3.05, 3.63) is 69.0 Å². The maximum atomic E-state index is 11.7. The third-order valence-electron chi connectivity index (χ3n) is 3.86. The van der Waals surface area contributed by atoms with Gasteiger partial charge in [-0.3, -0.25) is 9.36 Å². The fourth-order valence-electron chi connectivity index (χ4n) is 2.39. The van der Waals surface area contributed by atoms with Gasteiger partial charge in [-0.1, -0.05) is 24.3 Å². The van der Waals surface area contributed by atoms with Crippen LogP contribution in [0.4, 0.5) is 5.95 Å². The molecule has 0 saturated heterocycles. The van der Waals surface area contributed by atoms with E-state index in [-0.39, 0.29) is 11.5 Å². The van der Waals surface area contributed by atoms with Crippen LogP contribution < -0.4 is 11.3 Å². The average Bonchev–Trinajstić information content (AvgIpc) is 3.07. The topological polar surface area (TPSA) is 84.7 Å². The van der Waals surface area contributed by atoms with Gasteiger partial charge in [-0.2, -0.15) is 5.26 Å². The van der Waals surface area contributed by atoms with Crippen molar-refractivity contribution < 1.29 is 0 Å². The number of nitrogen functional groups attached to an aromatic ring is 1. The van der Waals surface area contributed by atoms with Gasteiger partial charge in [-0.15, -0.1) is 11.3 Å². The molecule has 0 bridgehead atoms. The Bertz CT molecular complexity index is 964. The van der Waals surface area contributed by atoms with Crippen molar-refractivity contribution in [3.8, 4) is 16.5 Å². The average molecular weight is 336 g/mol. The summed E-state index contributed by atoms with van der Waals surface area (Å²) in [4.78, 5) is 17.0. The van der Waals surface area contributed by atoms with Crippen LogP contribution in [-0.4, -0.2) is 9.55 Å². The fourth-order valence-corrected chi connectivity index (χ4v) is 3.23. The first kappa shape index (κ1) is 16.0. The van der Waals surface area contributed by atoms with Gasteiger partial charge in [0.1, 0.15) is 6.07 Å². The quantitative estimate of drug-likeness (QED) is 0.794. The summed E-state index contributed by atoms with van der Waals surface area (Å²) < 4.78 is 1.33. The van der Waals surface area contributed by atoms with Gasteiger partial charge >= 0.3 is 0 Å². The van der Waals surface area contributed by atoms with E-state index >= 15 is 0 Å². The van der Waals surface area contributed by atoms with Gasteiger partial charge in [0.2, 0.25) is 5.95 Å². The molecule has 5 nitrogen and oxygen atoms in total. The molecule has 0 unspecified atom stereocenters. The molecule has 2 heterocycles. The predicted octanol–water partition coefficient (Wildman–Crippen LogP) is 2.75. The van der Waals surface area contributed by atoms with Gasteiger partial charge in [-0.05, 0) is 30.0 Å². The summed E-state index contributed by atoms with van der Waals surface area (Å²) in [5.41, 5.74) is 9.23. The number of aryl methyl sites for hydroxylation is 2. The molecule has 0 aliphatic rings. The van der Waals surface area contributed by atoms with E-state index in [0.717, 1.165) is 22.4 Å². The summed E-state index contributed by atoms with van der Waals surface area (Å²) in [6, 6.07) is 13.8. The molecule has 0 atom stereocenters. The number of nitriles is 1. The molecule has 1 aromatic carbocycles. The fraction of sp³-hybridized carbons (Fsp3) is 0.167. The molecule has 6 heteroatoms. The van der Waals surface area contributed by atoms with Crippen LogP contribution in [0.1, 0.15) is 16.8 Å². The van der Waals surface area contributed by atoms with E-state index in [2.05, 4.69) is 23.2 Å². The van der Waals surface area contributed by atoms with Gasteiger partial charge in [0.15, 0.2) is 0 Å². The number of hydrogen-bond acceptors (Lipinski definition) is 5. The third-order valence-corrected chi connectivity index (χ3v) is 4.84. The molecule has 2 N–H and O–H groups in total. The molecule has 0 spiro atoms. The standard InChI is InChI=1S/C18H16N4OS/c1-22-17(23)9-15(21-18(22)20)7-4-12-2-5-14(6-3-12)16-8-13(10-19)11-24-16/h2-3,5-6,8-9,11H,4,7H2,1H3,(H2,20,21). The molecule has 0 amide bonds. The monoisotopic (exact) mass is 336 g/mol. The van der Waals surface area contributed by atoms with Gasteiger partial charge in [-0.25, -0.2) is 4.98 Å². The first-order chi connectivity index (χ1) is 11.6. The van der Waals surface area contributed by atoms with Crippen LogP contribution in [-0.2, 0) is 19.9 Å². The van der Waals surface area contributed by atoms with E-state index in [1.165, 1.54) is 10.6 Å². The van der Waals surface area contributed by atoms with Crippen molar-refractivity contribution >= 4 is 17.3 Å². The van der Waals surface area contributed by atoms with Crippen LogP contribution in [0.2, 0.25) is 0 Å². The molecule has 0 fully saturated rings. The van der Waals surface area contributed by atoms with Crippen molar-refractivity contribution in [3.63, 3.8) is 0 Å². The number of nitrogens with two attached hydrogens (primary N) is 1. The smallest absolute Gasteiger partial charge is 0.254 e. The molecule has 2 aromatic heterocycles. The number of thiophene rings is 1. The van der Waals surface area contributed by atoms with Gasteiger partial charge in [0.05, 0.1) is 11.3 Å². The second-order valence-corrected chi connectivity index (χ2v) is 6.42. The SMILES string of the molecule is Cn1c(N)nc(CCc2ccc(-c3cc(C#N)cs3)cc2)cc1=O. The maximum Gasteiger partial charge on any atom is 0.254 e. The number of benzene rings is 1. The largest absolute Gasteiger partial charge is 0.369 e. The van der Waals surface area contributed by atoms with Crippen molar-refractivity contribution in [1.82, 2.24) is 9.55 Å². The highest BCUT2D eigenvalue weighted by molar-refractivity contribution is 7.13. The Balaban J connectivity index is 1.71. The molecule has 0 aliphatic carbocycles. The number of aromatic nitrogens is 2. The van der Waals surface area contributed by atoms with E-state index in [4.69, 9.17) is 11.0 Å². The second-order valence-electron chi connectivity index (χ2n) is 5.51. The Morgan fingerprint density at radius 2 is 2.00 bits per heavy atom. The molecule has 0 radical (unpaired) electrons. The number of anilines is 1. The lowest BCUT2D eigenvalue weighted by Gasteiger charge is -2.06. The predicted molar refractivity (Wildman–Crippen MR) is 95.8 cm³/mol. The van der Waals surface area contributed by atoms with Crippen LogP contribution in [0, 0.1) is 11.3 Å². The molecule has 24 heavy (non-hydrogen) atoms. The lowest BCUT2D eigenvalue weighted by Crippen LogP contribution is -2.21. The molecular weight excluding hydrogens is 320 g/mol. The van der Waals surface area contributed by atoms with E-state index in [9.17, 15) is 4.79 Å². The van der Waals surface area contributed by atoms with Crippen LogP contribution in [0.15, 0.2) is 46.6 Å². The van der Waals surface area contributed by atoms with Crippen molar-refractivity contribution in [2.45, 2.75) is 12.8 Å². The minimum atomic E-state index is -0.140. The zero-order chi connectivity index (χ0) is 17.1. The molecule has 0 aliphatic heterocycles. The Morgan fingerprint density at radius 1 is 1.25 bits per heavy atom. The lowest BCUT2D eigenvalue weighted by molar-refractivity contribution is 0.806. The summed E-state index contributed by atoms with van der Waals surface area (Å²) in [6.07, 6.45) is 1.45. The molecular formula is C18H16N4OS. The van der Waals surface area contributed by atoms with Gasteiger partial charge in [0.25, 0.3) is 5.56 Å². The maximum absolute atomic E-state index is 11.7. The zero-order valence-corrected chi connectivity index (χ0v) is 14.0. The van der Waals surface area contributed by atoms with E-state index in [1.807, 2.05) is 23.6 Å². The van der Waals surface area contributed by atoms with E-state index in [0.29, 0.717) is 17.7 Å². The van der Waals surface area contributed by atoms with Crippen LogP contribution in [0.5, 0.6) is 0 Å². The summed E-state index contributed by atoms with van der Waals surface area (Å²) >= 11 is 1.56. The second kappa shape index (κ2) is 6.69. The number of rotatable bonds is 4. The Labute approximate surface area is 143 Å². The van der Waals surface area contributed by atoms with Crippen LogP contribution >= 0.6 is 11.3 Å². The Hall–Kier alpha value is -2.91. The first-order valence-corrected chi connectivity index (χ1v) is 8.35. The molecule has 120 valence electrons. The molecule has 3 rings (SSSR count). The number of nitrogens with zero attached hydrogens (tertiary/aromatic N) is 3. The summed E-state index contributed by atoms with van der Waals surface area (Å²) in [5.74, 6) is 0.235. The minimum absolute atomic E-state index is 0.140. The van der Waals surface area contributed by atoms with Gasteiger partial charge < -0.3 is 5.73 Å². The highest BCUT2D eigenvalue weighted by atomic mass is 32.1. The zero-order valence-electron chi connectivity index (χ0n) is 13.2. The van der Waals surface area contributed by atoms with E-state index in [1.54, 1.807) is 18.4 Å². The lowest BCUT2D eigenvalue weighted by atomic mass is 10.1. The van der Waals surface area contributed by atoms with Crippen LogP contribution in [0.3, 0.4) is 0 Å². The third kappa shape index (κ3) is 3.36. The molecule has 0 saturated carbocycles. The van der Waals surface area contributed by atoms with Crippen molar-refractivity contribution in [2.24, 2.45) is 7.05 Å². The highest BCUT2D eigenvalue weighted by Crippen LogP contribution is 2.27. The van der Waals surface area contributed by atoms with Gasteiger partial charge in [0, 0.05) is 23.4 Å².